The third-order valence-electron chi connectivity index (χ3n) is 13.3. The molecule has 348 valence electrons. The van der Waals surface area contributed by atoms with E-state index in [0.29, 0.717) is 83.2 Å². The van der Waals surface area contributed by atoms with Gasteiger partial charge in [-0.25, -0.2) is 4.68 Å². The van der Waals surface area contributed by atoms with Crippen molar-refractivity contribution in [1.29, 1.82) is 0 Å². The van der Waals surface area contributed by atoms with E-state index in [4.69, 9.17) is 14.2 Å². The van der Waals surface area contributed by atoms with E-state index in [0.717, 1.165) is 66.4 Å². The lowest BCUT2D eigenvalue weighted by molar-refractivity contribution is -0.131. The predicted octanol–water partition coefficient (Wildman–Crippen LogP) is 7.56. The summed E-state index contributed by atoms with van der Waals surface area (Å²) in [5.41, 5.74) is 8.26. The summed E-state index contributed by atoms with van der Waals surface area (Å²) >= 11 is 0. The summed E-state index contributed by atoms with van der Waals surface area (Å²) in [6.45, 7) is 4.92. The number of fused-ring (bicyclic) bond motifs is 2. The maximum atomic E-state index is 15.5. The van der Waals surface area contributed by atoms with Crippen molar-refractivity contribution in [1.82, 2.24) is 29.0 Å². The van der Waals surface area contributed by atoms with Crippen LogP contribution in [0.25, 0.3) is 22.4 Å². The van der Waals surface area contributed by atoms with Crippen molar-refractivity contribution in [3.05, 3.63) is 148 Å². The average molecular weight is 912 g/mol. The van der Waals surface area contributed by atoms with Gasteiger partial charge in [0.15, 0.2) is 0 Å². The molecule has 3 amide bonds. The zero-order valence-electron chi connectivity index (χ0n) is 38.1. The Bertz CT molecular complexity index is 2750. The molecule has 0 unspecified atom stereocenters. The fraction of sp³-hybridized carbons (Fsp3) is 0.346. The lowest BCUT2D eigenvalue weighted by Crippen LogP contribution is -2.47. The van der Waals surface area contributed by atoms with Crippen molar-refractivity contribution in [3.63, 3.8) is 0 Å². The standard InChI is InChI=1S/C52H55F2N7O6/c1-34-47(50(63)56-41-11-5-4-6-12-41)48(40-29-55-61(32-40)52(53)54)49(57(34)2)44-27-37-17-18-59(46(62)25-35-13-15-43(16-14-35)67-24-21-58-19-22-66-23-20-58)30-39(37)28-45(44)51(64)60-31-38-10-8-7-9-36(38)26-42(60)33-65-3/h4-16,27-29,32,42,52H,17-26,30-31,33H2,1-3H3,(H,56,63)/t42-/m0/s1. The molecular formula is C52H55F2N7O6. The van der Waals surface area contributed by atoms with E-state index in [1.165, 1.54) is 12.4 Å². The predicted molar refractivity (Wildman–Crippen MR) is 250 cm³/mol. The number of ether oxygens (including phenoxy) is 3. The molecule has 3 aliphatic rings. The summed E-state index contributed by atoms with van der Waals surface area (Å²) in [5.74, 6) is 0.0111. The van der Waals surface area contributed by atoms with Crippen molar-refractivity contribution >= 4 is 23.4 Å². The third-order valence-corrected chi connectivity index (χ3v) is 13.3. The van der Waals surface area contributed by atoms with Crippen molar-refractivity contribution in [2.75, 3.05) is 65.0 Å². The summed E-state index contributed by atoms with van der Waals surface area (Å²) < 4.78 is 47.9. The Kier molecular flexibility index (Phi) is 13.6. The number of rotatable bonds is 14. The first-order chi connectivity index (χ1) is 32.6. The second-order valence-corrected chi connectivity index (χ2v) is 17.4. The van der Waals surface area contributed by atoms with Crippen LogP contribution in [0.4, 0.5) is 14.5 Å². The molecule has 1 fully saturated rings. The van der Waals surface area contributed by atoms with Crippen molar-refractivity contribution in [3.8, 4) is 28.1 Å². The van der Waals surface area contributed by atoms with Crippen LogP contribution in [-0.2, 0) is 53.7 Å². The first-order valence-electron chi connectivity index (χ1n) is 22.8. The lowest BCUT2D eigenvalue weighted by atomic mass is 9.88. The summed E-state index contributed by atoms with van der Waals surface area (Å²) in [5, 5.41) is 6.97. The molecule has 9 rings (SSSR count). The van der Waals surface area contributed by atoms with E-state index in [2.05, 4.69) is 21.4 Å². The van der Waals surface area contributed by atoms with Crippen molar-refractivity contribution in [2.45, 2.75) is 51.9 Å². The molecule has 67 heavy (non-hydrogen) atoms. The van der Waals surface area contributed by atoms with Gasteiger partial charge in [0.25, 0.3) is 11.8 Å². The number of benzene rings is 4. The number of nitrogens with zero attached hydrogens (tertiary/aromatic N) is 6. The number of methoxy groups -OCH3 is 1. The van der Waals surface area contributed by atoms with Gasteiger partial charge in [0, 0.05) is 93.3 Å². The van der Waals surface area contributed by atoms with E-state index in [1.807, 2.05) is 94.2 Å². The van der Waals surface area contributed by atoms with Crippen LogP contribution in [-0.4, -0.2) is 113 Å². The number of hydrogen-bond acceptors (Lipinski definition) is 8. The van der Waals surface area contributed by atoms with Gasteiger partial charge >= 0.3 is 6.55 Å². The summed E-state index contributed by atoms with van der Waals surface area (Å²) in [6, 6.07) is 28.3. The number of morpholine rings is 1. The molecule has 1 saturated heterocycles. The number of hydrogen-bond donors (Lipinski definition) is 1. The van der Waals surface area contributed by atoms with Crippen LogP contribution in [0.2, 0.25) is 0 Å². The molecule has 4 aromatic carbocycles. The highest BCUT2D eigenvalue weighted by Gasteiger charge is 2.36. The number of nitrogens with one attached hydrogen (secondary N) is 1. The van der Waals surface area contributed by atoms with E-state index in [-0.39, 0.29) is 36.4 Å². The molecule has 5 heterocycles. The Morgan fingerprint density at radius 2 is 1.64 bits per heavy atom. The number of carbonyl (C=O) groups is 3. The highest BCUT2D eigenvalue weighted by atomic mass is 19.3. The van der Waals surface area contributed by atoms with Crippen LogP contribution in [0.3, 0.4) is 0 Å². The van der Waals surface area contributed by atoms with Crippen LogP contribution in [0.15, 0.2) is 103 Å². The largest absolute Gasteiger partial charge is 0.492 e. The Morgan fingerprint density at radius 1 is 0.896 bits per heavy atom. The molecule has 0 spiro atoms. The fourth-order valence-corrected chi connectivity index (χ4v) is 9.59. The molecule has 6 aromatic rings. The molecular weight excluding hydrogens is 857 g/mol. The first-order valence-corrected chi connectivity index (χ1v) is 22.8. The second kappa shape index (κ2) is 20.0. The number of amides is 3. The Balaban J connectivity index is 1.08. The number of anilines is 1. The van der Waals surface area contributed by atoms with Gasteiger partial charge < -0.3 is 33.9 Å². The third kappa shape index (κ3) is 9.76. The van der Waals surface area contributed by atoms with Crippen LogP contribution >= 0.6 is 0 Å². The van der Waals surface area contributed by atoms with Gasteiger partial charge in [0.2, 0.25) is 5.91 Å². The zero-order valence-corrected chi connectivity index (χ0v) is 38.1. The maximum absolute atomic E-state index is 15.5. The SMILES string of the molecule is COC[C@@H]1Cc2ccccc2CN1C(=O)c1cc2c(cc1-c1c(-c3cnn(C(F)F)c3)c(C(=O)Nc3ccccc3)c(C)n1C)CCN(C(=O)Cc1ccc(OCCN3CCOCC3)cc1)C2. The smallest absolute Gasteiger partial charge is 0.333 e. The highest BCUT2D eigenvalue weighted by Crippen LogP contribution is 2.43. The van der Waals surface area contributed by atoms with Gasteiger partial charge in [-0.05, 0) is 84.0 Å². The highest BCUT2D eigenvalue weighted by molar-refractivity contribution is 6.13. The molecule has 0 radical (unpaired) electrons. The second-order valence-electron chi connectivity index (χ2n) is 17.4. The average Bonchev–Trinajstić information content (AvgIpc) is 3.94. The van der Waals surface area contributed by atoms with Gasteiger partial charge in [-0.2, -0.15) is 13.9 Å². The summed E-state index contributed by atoms with van der Waals surface area (Å²) in [6.07, 6.45) is 3.85. The van der Waals surface area contributed by atoms with Crippen LogP contribution in [0.1, 0.15) is 60.8 Å². The van der Waals surface area contributed by atoms with E-state index in [9.17, 15) is 18.4 Å². The molecule has 13 nitrogen and oxygen atoms in total. The normalized spacial score (nSPS) is 16.2. The fourth-order valence-electron chi connectivity index (χ4n) is 9.59. The zero-order chi connectivity index (χ0) is 46.6. The molecule has 2 aromatic heterocycles. The Hall–Kier alpha value is -6.68. The first kappa shape index (κ1) is 45.5. The number of para-hydroxylation sites is 1. The Morgan fingerprint density at radius 3 is 2.37 bits per heavy atom. The molecule has 1 atom stereocenters. The topological polar surface area (TPSA) is 123 Å². The van der Waals surface area contributed by atoms with Crippen molar-refractivity contribution < 1.29 is 37.4 Å². The summed E-state index contributed by atoms with van der Waals surface area (Å²) in [7, 11) is 3.43. The van der Waals surface area contributed by atoms with Crippen molar-refractivity contribution in [2.24, 2.45) is 7.05 Å². The number of halogens is 2. The number of carbonyl (C=O) groups excluding carboxylic acids is 3. The lowest BCUT2D eigenvalue weighted by Gasteiger charge is -2.37. The van der Waals surface area contributed by atoms with E-state index < -0.39 is 12.5 Å². The molecule has 0 aliphatic carbocycles. The summed E-state index contributed by atoms with van der Waals surface area (Å²) in [4.78, 5) is 49.9. The maximum Gasteiger partial charge on any atom is 0.333 e. The molecule has 0 saturated carbocycles. The molecule has 1 N–H and O–H groups in total. The minimum atomic E-state index is -2.92. The number of alkyl halides is 2. The minimum Gasteiger partial charge on any atom is -0.492 e. The van der Waals surface area contributed by atoms with Crippen LogP contribution < -0.4 is 10.1 Å². The molecule has 15 heteroatoms. The quantitative estimate of drug-likeness (QED) is 0.119. The molecule has 0 bridgehead atoms. The minimum absolute atomic E-state index is 0.0400. The van der Waals surface area contributed by atoms with Crippen LogP contribution in [0.5, 0.6) is 5.75 Å². The monoisotopic (exact) mass is 911 g/mol. The van der Waals surface area contributed by atoms with Crippen LogP contribution in [0, 0.1) is 6.92 Å². The van der Waals surface area contributed by atoms with Gasteiger partial charge in [0.05, 0.1) is 49.7 Å². The van der Waals surface area contributed by atoms with Gasteiger partial charge in [-0.3, -0.25) is 19.3 Å². The van der Waals surface area contributed by atoms with E-state index in [1.54, 1.807) is 26.2 Å². The van der Waals surface area contributed by atoms with Gasteiger partial charge in [-0.1, -0.05) is 54.6 Å². The van der Waals surface area contributed by atoms with Gasteiger partial charge in [0.1, 0.15) is 12.4 Å². The number of aromatic nitrogens is 3. The van der Waals surface area contributed by atoms with Gasteiger partial charge in [-0.15, -0.1) is 0 Å². The van der Waals surface area contributed by atoms with E-state index >= 15 is 4.79 Å². The molecule has 3 aliphatic heterocycles. The Labute approximate surface area is 388 Å².